The lowest BCUT2D eigenvalue weighted by atomic mass is 10.1. The molecule has 0 saturated carbocycles. The van der Waals surface area contributed by atoms with E-state index in [-0.39, 0.29) is 0 Å². The third-order valence-corrected chi connectivity index (χ3v) is 4.38. The van der Waals surface area contributed by atoms with Crippen molar-refractivity contribution in [3.63, 3.8) is 0 Å². The average Bonchev–Trinajstić information content (AvgIpc) is 2.91. The van der Waals surface area contributed by atoms with E-state index in [2.05, 4.69) is 9.97 Å². The molecule has 0 fully saturated rings. The summed E-state index contributed by atoms with van der Waals surface area (Å²) in [5, 5.41) is 2.48. The fraction of sp³-hybridized carbons (Fsp3) is 0.143. The van der Waals surface area contributed by atoms with Gasteiger partial charge >= 0.3 is 0 Å². The van der Waals surface area contributed by atoms with Crippen molar-refractivity contribution >= 4 is 33.2 Å². The summed E-state index contributed by atoms with van der Waals surface area (Å²) in [5.74, 6) is 1.48. The lowest BCUT2D eigenvalue weighted by molar-refractivity contribution is 0.395. The third kappa shape index (κ3) is 2.09. The van der Waals surface area contributed by atoms with Crippen LogP contribution in [0.5, 0.6) is 11.5 Å². The first-order chi connectivity index (χ1) is 9.74. The second-order valence-electron chi connectivity index (χ2n) is 4.06. The lowest BCUT2D eigenvalue weighted by Crippen LogP contribution is -1.90. The summed E-state index contributed by atoms with van der Waals surface area (Å²) in [6, 6.07) is 5.70. The van der Waals surface area contributed by atoms with E-state index in [9.17, 15) is 0 Å². The van der Waals surface area contributed by atoms with Crippen LogP contribution in [0, 0.1) is 0 Å². The van der Waals surface area contributed by atoms with Gasteiger partial charge in [0.15, 0.2) is 0 Å². The number of hydrogen-bond donors (Lipinski definition) is 0. The van der Waals surface area contributed by atoms with E-state index in [1.807, 2.05) is 23.6 Å². The highest BCUT2D eigenvalue weighted by molar-refractivity contribution is 7.18. The van der Waals surface area contributed by atoms with Gasteiger partial charge < -0.3 is 9.47 Å². The molecular weight excluding hydrogens is 296 g/mol. The molecule has 6 heteroatoms. The Kier molecular flexibility index (Phi) is 3.46. The number of benzene rings is 1. The summed E-state index contributed by atoms with van der Waals surface area (Å²) in [5.41, 5.74) is 2.77. The maximum Gasteiger partial charge on any atom is 0.150 e. The van der Waals surface area contributed by atoms with Gasteiger partial charge in [-0.15, -0.1) is 11.3 Å². The molecule has 0 aliphatic rings. The topological polar surface area (TPSA) is 44.2 Å². The monoisotopic (exact) mass is 306 g/mol. The van der Waals surface area contributed by atoms with E-state index >= 15 is 0 Å². The average molecular weight is 307 g/mol. The van der Waals surface area contributed by atoms with Gasteiger partial charge in [0.25, 0.3) is 0 Å². The van der Waals surface area contributed by atoms with E-state index < -0.39 is 0 Å². The highest BCUT2D eigenvalue weighted by Gasteiger charge is 2.15. The van der Waals surface area contributed by atoms with Crippen molar-refractivity contribution in [3.05, 3.63) is 35.1 Å². The molecule has 0 atom stereocenters. The molecule has 0 aliphatic heterocycles. The largest absolute Gasteiger partial charge is 0.497 e. The van der Waals surface area contributed by atoms with Crippen LogP contribution in [0.3, 0.4) is 0 Å². The Morgan fingerprint density at radius 1 is 1.10 bits per heavy atom. The summed E-state index contributed by atoms with van der Waals surface area (Å²) in [6.07, 6.45) is 1.47. The molecule has 0 saturated heterocycles. The Hall–Kier alpha value is -1.85. The normalized spacial score (nSPS) is 10.8. The van der Waals surface area contributed by atoms with Crippen molar-refractivity contribution in [2.24, 2.45) is 0 Å². The van der Waals surface area contributed by atoms with Gasteiger partial charge in [0.05, 0.1) is 24.4 Å². The quantitative estimate of drug-likeness (QED) is 0.685. The molecule has 0 spiro atoms. The van der Waals surface area contributed by atoms with Gasteiger partial charge in [0, 0.05) is 22.6 Å². The summed E-state index contributed by atoms with van der Waals surface area (Å²) >= 11 is 7.61. The highest BCUT2D eigenvalue weighted by Crippen LogP contribution is 2.40. The Balaban J connectivity index is 2.23. The molecule has 2 aromatic heterocycles. The molecular formula is C14H11ClN2O2S. The Morgan fingerprint density at radius 2 is 1.95 bits per heavy atom. The maximum absolute atomic E-state index is 6.09. The van der Waals surface area contributed by atoms with Crippen molar-refractivity contribution in [2.45, 2.75) is 0 Å². The molecule has 0 amide bonds. The summed E-state index contributed by atoms with van der Waals surface area (Å²) in [4.78, 5) is 8.32. The first-order valence-corrected chi connectivity index (χ1v) is 7.10. The van der Waals surface area contributed by atoms with Crippen LogP contribution in [0.25, 0.3) is 21.3 Å². The molecule has 3 aromatic rings. The summed E-state index contributed by atoms with van der Waals surface area (Å²) < 4.78 is 11.5. The maximum atomic E-state index is 6.09. The van der Waals surface area contributed by atoms with Crippen molar-refractivity contribution < 1.29 is 9.47 Å². The summed E-state index contributed by atoms with van der Waals surface area (Å²) in [7, 11) is 3.26. The van der Waals surface area contributed by atoms with Crippen LogP contribution in [0.2, 0.25) is 5.15 Å². The fourth-order valence-corrected chi connectivity index (χ4v) is 3.20. The minimum atomic E-state index is 0.471. The molecule has 0 radical (unpaired) electrons. The van der Waals surface area contributed by atoms with Crippen LogP contribution in [0.4, 0.5) is 0 Å². The van der Waals surface area contributed by atoms with Crippen LogP contribution in [-0.2, 0) is 0 Å². The molecule has 102 valence electrons. The molecule has 20 heavy (non-hydrogen) atoms. The van der Waals surface area contributed by atoms with E-state index in [0.29, 0.717) is 5.15 Å². The molecule has 1 aromatic carbocycles. The van der Waals surface area contributed by atoms with Gasteiger partial charge in [0.1, 0.15) is 23.0 Å². The smallest absolute Gasteiger partial charge is 0.150 e. The standard InChI is InChI=1S/C14H11ClN2O2S/c1-18-8-3-4-9(11(5-8)19-2)10-6-20-13-12(10)16-7-17-14(13)15/h3-7H,1-2H3. The van der Waals surface area contributed by atoms with E-state index in [0.717, 1.165) is 32.8 Å². The number of thiophene rings is 1. The van der Waals surface area contributed by atoms with Crippen molar-refractivity contribution in [3.8, 4) is 22.6 Å². The second-order valence-corrected chi connectivity index (χ2v) is 5.30. The first kappa shape index (κ1) is 13.1. The Morgan fingerprint density at radius 3 is 2.70 bits per heavy atom. The molecule has 0 N–H and O–H groups in total. The predicted molar refractivity (Wildman–Crippen MR) is 81.0 cm³/mol. The molecule has 2 heterocycles. The zero-order chi connectivity index (χ0) is 14.1. The zero-order valence-electron chi connectivity index (χ0n) is 10.9. The van der Waals surface area contributed by atoms with Gasteiger partial charge in [-0.25, -0.2) is 9.97 Å². The zero-order valence-corrected chi connectivity index (χ0v) is 12.5. The number of hydrogen-bond acceptors (Lipinski definition) is 5. The van der Waals surface area contributed by atoms with Gasteiger partial charge in [-0.05, 0) is 12.1 Å². The number of aromatic nitrogens is 2. The van der Waals surface area contributed by atoms with Gasteiger partial charge in [-0.3, -0.25) is 0 Å². The number of rotatable bonds is 3. The van der Waals surface area contributed by atoms with Crippen LogP contribution in [0.15, 0.2) is 29.9 Å². The molecule has 0 unspecified atom stereocenters. The van der Waals surface area contributed by atoms with Gasteiger partial charge in [-0.2, -0.15) is 0 Å². The number of fused-ring (bicyclic) bond motifs is 1. The van der Waals surface area contributed by atoms with Gasteiger partial charge in [0.2, 0.25) is 0 Å². The molecule has 3 rings (SSSR count). The third-order valence-electron chi connectivity index (χ3n) is 3.01. The van der Waals surface area contributed by atoms with E-state index in [1.165, 1.54) is 17.7 Å². The number of halogens is 1. The predicted octanol–water partition coefficient (Wildman–Crippen LogP) is 4.03. The van der Waals surface area contributed by atoms with Crippen LogP contribution >= 0.6 is 22.9 Å². The van der Waals surface area contributed by atoms with Crippen molar-refractivity contribution in [1.82, 2.24) is 9.97 Å². The molecule has 0 aliphatic carbocycles. The van der Waals surface area contributed by atoms with Crippen LogP contribution in [0.1, 0.15) is 0 Å². The van der Waals surface area contributed by atoms with E-state index in [1.54, 1.807) is 14.2 Å². The lowest BCUT2D eigenvalue weighted by Gasteiger charge is -2.09. The second kappa shape index (κ2) is 5.26. The SMILES string of the molecule is COc1ccc(-c2csc3c(Cl)ncnc23)c(OC)c1. The van der Waals surface area contributed by atoms with Crippen molar-refractivity contribution in [1.29, 1.82) is 0 Å². The fourth-order valence-electron chi connectivity index (χ4n) is 2.03. The van der Waals surface area contributed by atoms with Crippen molar-refractivity contribution in [2.75, 3.05) is 14.2 Å². The number of methoxy groups -OCH3 is 2. The van der Waals surface area contributed by atoms with Crippen LogP contribution in [-0.4, -0.2) is 24.2 Å². The molecule has 0 bridgehead atoms. The number of ether oxygens (including phenoxy) is 2. The Bertz CT molecular complexity index is 773. The van der Waals surface area contributed by atoms with Gasteiger partial charge in [-0.1, -0.05) is 11.6 Å². The van der Waals surface area contributed by atoms with Crippen LogP contribution < -0.4 is 9.47 Å². The minimum Gasteiger partial charge on any atom is -0.497 e. The van der Waals surface area contributed by atoms with E-state index in [4.69, 9.17) is 21.1 Å². The summed E-state index contributed by atoms with van der Waals surface area (Å²) in [6.45, 7) is 0. The highest BCUT2D eigenvalue weighted by atomic mass is 35.5. The first-order valence-electron chi connectivity index (χ1n) is 5.84. The molecule has 4 nitrogen and oxygen atoms in total. The number of nitrogens with zero attached hydrogens (tertiary/aromatic N) is 2. The minimum absolute atomic E-state index is 0.471. The Labute approximate surface area is 125 Å².